The Hall–Kier alpha value is -1.98. The van der Waals surface area contributed by atoms with Gasteiger partial charge in [-0.2, -0.15) is 5.26 Å². The molecular weight excluding hydrogens is 256 g/mol. The molecule has 0 amide bonds. The van der Waals surface area contributed by atoms with Crippen molar-refractivity contribution in [2.75, 3.05) is 5.32 Å². The molecule has 1 unspecified atom stereocenters. The Kier molecular flexibility index (Phi) is 2.93. The average Bonchev–Trinajstić information content (AvgIpc) is 2.78. The van der Waals surface area contributed by atoms with Crippen molar-refractivity contribution in [1.82, 2.24) is 0 Å². The van der Waals surface area contributed by atoms with E-state index in [0.717, 1.165) is 34.7 Å². The zero-order valence-electron chi connectivity index (χ0n) is 10.4. The van der Waals surface area contributed by atoms with E-state index in [1.54, 1.807) is 0 Å². The second kappa shape index (κ2) is 4.60. The number of halogens is 1. The number of nitriles is 1. The number of fused-ring (bicyclic) bond motifs is 1. The Morgan fingerprint density at radius 1 is 1.16 bits per heavy atom. The van der Waals surface area contributed by atoms with Gasteiger partial charge in [-0.3, -0.25) is 0 Å². The van der Waals surface area contributed by atoms with Crippen LogP contribution in [-0.4, -0.2) is 0 Å². The predicted molar refractivity (Wildman–Crippen MR) is 77.1 cm³/mol. The number of hydrogen-bond acceptors (Lipinski definition) is 2. The zero-order chi connectivity index (χ0) is 13.3. The summed E-state index contributed by atoms with van der Waals surface area (Å²) >= 11 is 6.02. The highest BCUT2D eigenvalue weighted by Gasteiger charge is 2.39. The van der Waals surface area contributed by atoms with Crippen LogP contribution in [0.4, 0.5) is 5.69 Å². The molecule has 2 aromatic carbocycles. The highest BCUT2D eigenvalue weighted by atomic mass is 35.5. The molecule has 0 heterocycles. The van der Waals surface area contributed by atoms with Gasteiger partial charge in [-0.25, -0.2) is 0 Å². The molecule has 2 nitrogen and oxygen atoms in total. The van der Waals surface area contributed by atoms with E-state index in [9.17, 15) is 5.26 Å². The second-order valence-electron chi connectivity index (χ2n) is 4.81. The van der Waals surface area contributed by atoms with Crippen molar-refractivity contribution in [3.05, 3.63) is 64.7 Å². The quantitative estimate of drug-likeness (QED) is 0.889. The molecule has 3 rings (SSSR count). The Labute approximate surface area is 117 Å². The number of hydrogen-bond donors (Lipinski definition) is 1. The van der Waals surface area contributed by atoms with Gasteiger partial charge in [0, 0.05) is 10.7 Å². The van der Waals surface area contributed by atoms with E-state index >= 15 is 0 Å². The summed E-state index contributed by atoms with van der Waals surface area (Å²) in [5, 5.41) is 13.8. The minimum Gasteiger partial charge on any atom is -0.364 e. The van der Waals surface area contributed by atoms with Gasteiger partial charge in [0.2, 0.25) is 0 Å². The molecule has 0 radical (unpaired) electrons. The summed E-state index contributed by atoms with van der Waals surface area (Å²) in [7, 11) is 0. The summed E-state index contributed by atoms with van der Waals surface area (Å²) in [5.41, 5.74) is 2.54. The fraction of sp³-hybridized carbons (Fsp3) is 0.188. The van der Waals surface area contributed by atoms with Crippen molar-refractivity contribution < 1.29 is 0 Å². The van der Waals surface area contributed by atoms with E-state index in [-0.39, 0.29) is 0 Å². The Bertz CT molecular complexity index is 646. The highest BCUT2D eigenvalue weighted by molar-refractivity contribution is 6.30. The minimum atomic E-state index is -0.638. The molecule has 0 saturated carbocycles. The van der Waals surface area contributed by atoms with Gasteiger partial charge in [0.15, 0.2) is 5.54 Å². The fourth-order valence-corrected chi connectivity index (χ4v) is 2.88. The monoisotopic (exact) mass is 268 g/mol. The minimum absolute atomic E-state index is 0.638. The molecule has 1 aliphatic rings. The van der Waals surface area contributed by atoms with Gasteiger partial charge in [-0.05, 0) is 48.2 Å². The summed E-state index contributed by atoms with van der Waals surface area (Å²) in [6, 6.07) is 18.1. The normalized spacial score (nSPS) is 20.6. The molecule has 0 aromatic heterocycles. The fourth-order valence-electron chi connectivity index (χ4n) is 2.68. The molecule has 0 fully saturated rings. The number of para-hydroxylation sites is 1. The van der Waals surface area contributed by atoms with Gasteiger partial charge in [0.25, 0.3) is 0 Å². The summed E-state index contributed by atoms with van der Waals surface area (Å²) < 4.78 is 0. The van der Waals surface area contributed by atoms with E-state index in [2.05, 4.69) is 11.4 Å². The van der Waals surface area contributed by atoms with Crippen molar-refractivity contribution in [1.29, 1.82) is 5.26 Å². The Morgan fingerprint density at radius 2 is 1.95 bits per heavy atom. The topological polar surface area (TPSA) is 35.8 Å². The molecule has 0 aliphatic heterocycles. The van der Waals surface area contributed by atoms with Crippen LogP contribution in [0, 0.1) is 11.3 Å². The first-order valence-electron chi connectivity index (χ1n) is 6.27. The number of rotatable bonds is 2. The largest absolute Gasteiger partial charge is 0.364 e. The molecule has 1 aliphatic carbocycles. The van der Waals surface area contributed by atoms with Gasteiger partial charge < -0.3 is 5.32 Å². The van der Waals surface area contributed by atoms with Crippen molar-refractivity contribution in [3.63, 3.8) is 0 Å². The van der Waals surface area contributed by atoms with E-state index < -0.39 is 5.54 Å². The van der Waals surface area contributed by atoms with E-state index in [0.29, 0.717) is 0 Å². The average molecular weight is 269 g/mol. The number of anilines is 1. The molecule has 2 aromatic rings. The Balaban J connectivity index is 2.02. The number of benzene rings is 2. The molecule has 0 spiro atoms. The predicted octanol–water partition coefficient (Wildman–Crippen LogP) is 4.12. The van der Waals surface area contributed by atoms with Crippen LogP contribution < -0.4 is 5.32 Å². The van der Waals surface area contributed by atoms with Gasteiger partial charge in [-0.15, -0.1) is 0 Å². The lowest BCUT2D eigenvalue weighted by atomic mass is 9.93. The van der Waals surface area contributed by atoms with Gasteiger partial charge >= 0.3 is 0 Å². The van der Waals surface area contributed by atoms with Crippen LogP contribution in [0.2, 0.25) is 5.02 Å². The van der Waals surface area contributed by atoms with Gasteiger partial charge in [0.1, 0.15) is 0 Å². The Morgan fingerprint density at radius 3 is 2.68 bits per heavy atom. The molecule has 1 N–H and O–H groups in total. The standard InChI is InChI=1S/C16H13ClN2/c17-13-6-7-15-12(10-13)8-9-16(15,11-18)19-14-4-2-1-3-5-14/h1-7,10,19H,8-9H2. The lowest BCUT2D eigenvalue weighted by molar-refractivity contribution is 0.621. The lowest BCUT2D eigenvalue weighted by Crippen LogP contribution is -2.30. The van der Waals surface area contributed by atoms with Crippen LogP contribution in [0.25, 0.3) is 0 Å². The summed E-state index contributed by atoms with van der Waals surface area (Å²) in [6.45, 7) is 0. The van der Waals surface area contributed by atoms with Crippen LogP contribution in [-0.2, 0) is 12.0 Å². The third-order valence-corrected chi connectivity index (χ3v) is 3.85. The van der Waals surface area contributed by atoms with Crippen LogP contribution in [0.5, 0.6) is 0 Å². The maximum Gasteiger partial charge on any atom is 0.151 e. The first-order valence-corrected chi connectivity index (χ1v) is 6.65. The molecule has 19 heavy (non-hydrogen) atoms. The highest BCUT2D eigenvalue weighted by Crippen LogP contribution is 2.40. The smallest absolute Gasteiger partial charge is 0.151 e. The first kappa shape index (κ1) is 12.1. The summed E-state index contributed by atoms with van der Waals surface area (Å²) in [5.74, 6) is 0. The van der Waals surface area contributed by atoms with Gasteiger partial charge in [0.05, 0.1) is 6.07 Å². The maximum atomic E-state index is 9.65. The van der Waals surface area contributed by atoms with Crippen LogP contribution in [0.3, 0.4) is 0 Å². The summed E-state index contributed by atoms with van der Waals surface area (Å²) in [6.07, 6.45) is 1.65. The third-order valence-electron chi connectivity index (χ3n) is 3.62. The van der Waals surface area contributed by atoms with E-state index in [4.69, 9.17) is 11.6 Å². The molecule has 0 saturated heterocycles. The SMILES string of the molecule is N#CC1(Nc2ccccc2)CCc2cc(Cl)ccc21. The molecule has 94 valence electrons. The van der Waals surface area contributed by atoms with E-state index in [1.165, 1.54) is 0 Å². The molecule has 1 atom stereocenters. The third kappa shape index (κ3) is 2.07. The first-order chi connectivity index (χ1) is 9.23. The maximum absolute atomic E-state index is 9.65. The van der Waals surface area contributed by atoms with Crippen molar-refractivity contribution in [3.8, 4) is 6.07 Å². The van der Waals surface area contributed by atoms with Crippen LogP contribution in [0.15, 0.2) is 48.5 Å². The molecular formula is C16H13ClN2. The molecule has 3 heteroatoms. The van der Waals surface area contributed by atoms with Crippen LogP contribution >= 0.6 is 11.6 Å². The number of nitrogens with zero attached hydrogens (tertiary/aromatic N) is 1. The van der Waals surface area contributed by atoms with Crippen LogP contribution in [0.1, 0.15) is 17.5 Å². The number of nitrogens with one attached hydrogen (secondary N) is 1. The zero-order valence-corrected chi connectivity index (χ0v) is 11.1. The van der Waals surface area contributed by atoms with Crippen molar-refractivity contribution in [2.45, 2.75) is 18.4 Å². The molecule has 0 bridgehead atoms. The summed E-state index contributed by atoms with van der Waals surface area (Å²) in [4.78, 5) is 0. The van der Waals surface area contributed by atoms with Gasteiger partial charge in [-0.1, -0.05) is 35.9 Å². The van der Waals surface area contributed by atoms with E-state index in [1.807, 2.05) is 48.5 Å². The van der Waals surface area contributed by atoms with Crippen molar-refractivity contribution >= 4 is 17.3 Å². The lowest BCUT2D eigenvalue weighted by Gasteiger charge is -2.25. The van der Waals surface area contributed by atoms with Crippen molar-refractivity contribution in [2.24, 2.45) is 0 Å². The second-order valence-corrected chi connectivity index (χ2v) is 5.25. The number of aryl methyl sites for hydroxylation is 1.